The van der Waals surface area contributed by atoms with Gasteiger partial charge in [-0.25, -0.2) is 0 Å². The zero-order valence-corrected chi connectivity index (χ0v) is 12.4. The van der Waals surface area contributed by atoms with Crippen molar-refractivity contribution in [2.24, 2.45) is 0 Å². The van der Waals surface area contributed by atoms with E-state index in [1.807, 2.05) is 4.90 Å². The topological polar surface area (TPSA) is 52.6 Å². The Morgan fingerprint density at radius 1 is 1.35 bits per heavy atom. The van der Waals surface area contributed by atoms with Crippen LogP contribution in [-0.4, -0.2) is 41.6 Å². The summed E-state index contributed by atoms with van der Waals surface area (Å²) in [4.78, 5) is 14.1. The van der Waals surface area contributed by atoms with Crippen molar-refractivity contribution in [1.82, 2.24) is 10.2 Å². The molecule has 0 aromatic heterocycles. The van der Waals surface area contributed by atoms with Crippen LogP contribution in [0.3, 0.4) is 0 Å². The number of rotatable bonds is 2. The molecule has 2 saturated heterocycles. The molecular formula is C14H16Cl2N2O2. The van der Waals surface area contributed by atoms with Crippen LogP contribution in [0.25, 0.3) is 0 Å². The Balaban J connectivity index is 1.86. The Morgan fingerprint density at radius 3 is 2.85 bits per heavy atom. The maximum Gasteiger partial charge on any atom is 0.223 e. The lowest BCUT2D eigenvalue weighted by molar-refractivity contribution is -0.129. The van der Waals surface area contributed by atoms with Gasteiger partial charge in [-0.2, -0.15) is 0 Å². The maximum atomic E-state index is 12.2. The predicted molar refractivity (Wildman–Crippen MR) is 78.5 cm³/mol. The van der Waals surface area contributed by atoms with Gasteiger partial charge in [0.05, 0.1) is 10.0 Å². The number of likely N-dealkylation sites (tertiary alicyclic amines) is 1. The molecule has 1 amide bonds. The van der Waals surface area contributed by atoms with Crippen molar-refractivity contribution in [3.8, 4) is 5.75 Å². The molecule has 0 saturated carbocycles. The molecule has 0 bridgehead atoms. The number of amides is 1. The van der Waals surface area contributed by atoms with Gasteiger partial charge in [-0.15, -0.1) is 0 Å². The van der Waals surface area contributed by atoms with Crippen LogP contribution >= 0.6 is 23.2 Å². The summed E-state index contributed by atoms with van der Waals surface area (Å²) in [6, 6.07) is 3.36. The van der Waals surface area contributed by atoms with Crippen LogP contribution < -0.4 is 5.32 Å². The van der Waals surface area contributed by atoms with Crippen molar-refractivity contribution in [2.75, 3.05) is 19.6 Å². The third-order valence-electron chi connectivity index (χ3n) is 4.15. The van der Waals surface area contributed by atoms with E-state index < -0.39 is 0 Å². The smallest absolute Gasteiger partial charge is 0.223 e. The lowest BCUT2D eigenvalue weighted by Crippen LogP contribution is -2.37. The second-order valence-corrected chi connectivity index (χ2v) is 6.17. The van der Waals surface area contributed by atoms with Gasteiger partial charge in [0.2, 0.25) is 5.91 Å². The van der Waals surface area contributed by atoms with Gasteiger partial charge in [-0.3, -0.25) is 4.79 Å². The summed E-state index contributed by atoms with van der Waals surface area (Å²) in [5.74, 6) is 0.150. The fraction of sp³-hybridized carbons (Fsp3) is 0.500. The van der Waals surface area contributed by atoms with E-state index >= 15 is 0 Å². The van der Waals surface area contributed by atoms with Crippen LogP contribution in [0.2, 0.25) is 10.0 Å². The Bertz CT molecular complexity index is 544. The molecule has 0 radical (unpaired) electrons. The summed E-state index contributed by atoms with van der Waals surface area (Å²) < 4.78 is 0. The Hall–Kier alpha value is -0.970. The lowest BCUT2D eigenvalue weighted by atomic mass is 9.97. The van der Waals surface area contributed by atoms with E-state index in [1.165, 1.54) is 6.07 Å². The maximum absolute atomic E-state index is 12.2. The van der Waals surface area contributed by atoms with Crippen molar-refractivity contribution in [1.29, 1.82) is 0 Å². The first-order valence-electron chi connectivity index (χ1n) is 6.75. The number of nitrogens with one attached hydrogen (secondary N) is 1. The largest absolute Gasteiger partial charge is 0.508 e. The molecule has 0 spiro atoms. The molecule has 2 aliphatic heterocycles. The highest BCUT2D eigenvalue weighted by Gasteiger charge is 2.38. The second-order valence-electron chi connectivity index (χ2n) is 5.39. The number of halogens is 2. The first-order valence-corrected chi connectivity index (χ1v) is 7.50. The molecule has 20 heavy (non-hydrogen) atoms. The first kappa shape index (κ1) is 14.0. The zero-order valence-electron chi connectivity index (χ0n) is 10.9. The molecule has 3 rings (SSSR count). The van der Waals surface area contributed by atoms with Crippen LogP contribution in [0.5, 0.6) is 5.75 Å². The van der Waals surface area contributed by atoms with Crippen molar-refractivity contribution in [3.63, 3.8) is 0 Å². The minimum atomic E-state index is -0.0886. The van der Waals surface area contributed by atoms with Gasteiger partial charge in [-0.1, -0.05) is 23.2 Å². The van der Waals surface area contributed by atoms with E-state index in [0.29, 0.717) is 28.6 Å². The molecule has 2 heterocycles. The molecule has 2 N–H and O–H groups in total. The third kappa shape index (κ3) is 2.36. The zero-order chi connectivity index (χ0) is 14.3. The van der Waals surface area contributed by atoms with E-state index in [9.17, 15) is 9.90 Å². The Kier molecular flexibility index (Phi) is 3.80. The highest BCUT2D eigenvalue weighted by atomic mass is 35.5. The van der Waals surface area contributed by atoms with Crippen LogP contribution in [0.4, 0.5) is 0 Å². The van der Waals surface area contributed by atoms with Gasteiger partial charge in [0.15, 0.2) is 0 Å². The summed E-state index contributed by atoms with van der Waals surface area (Å²) in [7, 11) is 0. The Morgan fingerprint density at radius 2 is 2.15 bits per heavy atom. The third-order valence-corrected chi connectivity index (χ3v) is 4.97. The Labute approximate surface area is 127 Å². The number of nitrogens with zero attached hydrogens (tertiary/aromatic N) is 1. The van der Waals surface area contributed by atoms with Crippen molar-refractivity contribution < 1.29 is 9.90 Å². The normalized spacial score (nSPS) is 26.5. The van der Waals surface area contributed by atoms with Gasteiger partial charge < -0.3 is 15.3 Å². The van der Waals surface area contributed by atoms with E-state index in [-0.39, 0.29) is 23.6 Å². The number of benzene rings is 1. The predicted octanol–water partition coefficient (Wildman–Crippen LogP) is 2.38. The fourth-order valence-electron chi connectivity index (χ4n) is 3.13. The number of hydrogen-bond acceptors (Lipinski definition) is 3. The summed E-state index contributed by atoms with van der Waals surface area (Å²) in [5.41, 5.74) is 0.598. The average molecular weight is 315 g/mol. The van der Waals surface area contributed by atoms with Gasteiger partial charge in [0, 0.05) is 37.0 Å². The summed E-state index contributed by atoms with van der Waals surface area (Å²) in [5, 5.41) is 14.1. The molecular weight excluding hydrogens is 299 g/mol. The van der Waals surface area contributed by atoms with E-state index in [2.05, 4.69) is 5.32 Å². The number of carbonyl (C=O) groups excluding carboxylic acids is 1. The summed E-state index contributed by atoms with van der Waals surface area (Å²) >= 11 is 12.2. The molecule has 2 fully saturated rings. The lowest BCUT2D eigenvalue weighted by Gasteiger charge is -2.24. The van der Waals surface area contributed by atoms with Gasteiger partial charge >= 0.3 is 0 Å². The molecule has 4 nitrogen and oxygen atoms in total. The van der Waals surface area contributed by atoms with E-state index in [1.54, 1.807) is 6.07 Å². The van der Waals surface area contributed by atoms with Gasteiger partial charge in [0.25, 0.3) is 0 Å². The van der Waals surface area contributed by atoms with Crippen molar-refractivity contribution in [3.05, 3.63) is 27.7 Å². The average Bonchev–Trinajstić information content (AvgIpc) is 3.04. The summed E-state index contributed by atoms with van der Waals surface area (Å²) in [6.45, 7) is 2.38. The highest BCUT2D eigenvalue weighted by Crippen LogP contribution is 2.42. The minimum absolute atomic E-state index is 0.0886. The number of phenolic OH excluding ortho intramolecular Hbond substituents is 1. The quantitative estimate of drug-likeness (QED) is 0.881. The van der Waals surface area contributed by atoms with Gasteiger partial charge in [0.1, 0.15) is 5.75 Å². The molecule has 2 atom stereocenters. The fourth-order valence-corrected chi connectivity index (χ4v) is 3.61. The molecule has 0 aliphatic carbocycles. The van der Waals surface area contributed by atoms with Crippen molar-refractivity contribution in [2.45, 2.75) is 24.8 Å². The van der Waals surface area contributed by atoms with Crippen LogP contribution in [-0.2, 0) is 4.79 Å². The number of carbonyl (C=O) groups is 1. The number of phenols is 1. The van der Waals surface area contributed by atoms with Gasteiger partial charge in [-0.05, 0) is 25.1 Å². The van der Waals surface area contributed by atoms with Crippen LogP contribution in [0.15, 0.2) is 12.1 Å². The molecule has 1 aromatic rings. The highest BCUT2D eigenvalue weighted by molar-refractivity contribution is 6.42. The molecule has 2 aliphatic rings. The number of hydrogen-bond donors (Lipinski definition) is 2. The minimum Gasteiger partial charge on any atom is -0.508 e. The monoisotopic (exact) mass is 314 g/mol. The molecule has 108 valence electrons. The number of aromatic hydroxyl groups is 1. The van der Waals surface area contributed by atoms with Crippen LogP contribution in [0, 0.1) is 0 Å². The second kappa shape index (κ2) is 5.43. The van der Waals surface area contributed by atoms with Crippen LogP contribution in [0.1, 0.15) is 24.3 Å². The SMILES string of the molecule is O=C1C[C@H](c2c(O)ccc(Cl)c2Cl)CN1C1CCNC1. The first-order chi connectivity index (χ1) is 9.58. The summed E-state index contributed by atoms with van der Waals surface area (Å²) in [6.07, 6.45) is 1.36. The molecule has 1 aromatic carbocycles. The molecule has 1 unspecified atom stereocenters. The molecule has 6 heteroatoms. The van der Waals surface area contributed by atoms with E-state index in [0.717, 1.165) is 19.5 Å². The van der Waals surface area contributed by atoms with Crippen molar-refractivity contribution >= 4 is 29.1 Å². The van der Waals surface area contributed by atoms with E-state index in [4.69, 9.17) is 23.2 Å². The standard InChI is InChI=1S/C14H16Cl2N2O2/c15-10-1-2-11(19)13(14(10)16)8-5-12(20)18(7-8)9-3-4-17-6-9/h1-2,8-9,17,19H,3-7H2/t8-,9?/m0/s1.